The van der Waals surface area contributed by atoms with Crippen LogP contribution in [0.5, 0.6) is 0 Å². The summed E-state index contributed by atoms with van der Waals surface area (Å²) in [6.07, 6.45) is -21.9. The van der Waals surface area contributed by atoms with E-state index in [0.717, 1.165) is 32.1 Å². The first-order valence-corrected chi connectivity index (χ1v) is 16.4. The summed E-state index contributed by atoms with van der Waals surface area (Å²) in [6, 6.07) is 0. The Morgan fingerprint density at radius 3 is 2.04 bits per heavy atom. The molecule has 11 N–H and O–H groups in total. The highest BCUT2D eigenvalue weighted by molar-refractivity contribution is 5.86. The SMILES string of the molecule is CCCCCCCCC(=O)OC(CCC(=O)OCC(=O)[C@@H](O)[C@H](O)[C@H](O)CO)[C@H]1O[C@@H](O[C@H]2[C@H](O)[C@@H](O)[C@H](O)O[C@@H]2CO)[C@H](O)[C@@H](O)[C@@H]1O. The van der Waals surface area contributed by atoms with Crippen molar-refractivity contribution in [2.45, 2.75) is 151 Å². The highest BCUT2D eigenvalue weighted by atomic mass is 16.7. The van der Waals surface area contributed by atoms with Gasteiger partial charge in [0.15, 0.2) is 19.2 Å². The van der Waals surface area contributed by atoms with E-state index < -0.39 is 136 Å². The zero-order valence-electron chi connectivity index (χ0n) is 27.3. The van der Waals surface area contributed by atoms with Crippen LogP contribution in [-0.4, -0.2) is 180 Å². The van der Waals surface area contributed by atoms with Crippen LogP contribution in [0.15, 0.2) is 0 Å². The van der Waals surface area contributed by atoms with Crippen molar-refractivity contribution in [1.29, 1.82) is 0 Å². The summed E-state index contributed by atoms with van der Waals surface area (Å²) in [4.78, 5) is 37.4. The fourth-order valence-corrected chi connectivity index (χ4v) is 5.33. The summed E-state index contributed by atoms with van der Waals surface area (Å²) < 4.78 is 26.6. The quantitative estimate of drug-likeness (QED) is 0.0392. The topological polar surface area (TPSA) is 320 Å². The third kappa shape index (κ3) is 12.6. The number of carbonyl (C=O) groups excluding carboxylic acids is 3. The maximum absolute atomic E-state index is 12.8. The lowest BCUT2D eigenvalue weighted by Gasteiger charge is -2.46. The van der Waals surface area contributed by atoms with Crippen LogP contribution >= 0.6 is 0 Å². The monoisotopic (exact) mass is 716 g/mol. The van der Waals surface area contributed by atoms with Crippen molar-refractivity contribution in [2.75, 3.05) is 19.8 Å². The molecule has 0 amide bonds. The van der Waals surface area contributed by atoms with Crippen molar-refractivity contribution in [3.05, 3.63) is 0 Å². The fourth-order valence-electron chi connectivity index (χ4n) is 5.33. The van der Waals surface area contributed by atoms with Gasteiger partial charge in [0.25, 0.3) is 0 Å². The average Bonchev–Trinajstić information content (AvgIpc) is 3.09. The zero-order valence-corrected chi connectivity index (χ0v) is 27.3. The molecule has 1 unspecified atom stereocenters. The Balaban J connectivity index is 2.17. The number of aliphatic hydroxyl groups is 11. The molecule has 0 radical (unpaired) electrons. The number of carbonyl (C=O) groups is 3. The van der Waals surface area contributed by atoms with Gasteiger partial charge < -0.3 is 79.9 Å². The van der Waals surface area contributed by atoms with E-state index in [4.69, 9.17) is 28.8 Å². The minimum absolute atomic E-state index is 0.0561. The fraction of sp³-hybridized carbons (Fsp3) is 0.900. The van der Waals surface area contributed by atoms with Crippen LogP contribution in [0.2, 0.25) is 0 Å². The number of esters is 2. The second kappa shape index (κ2) is 21.4. The molecule has 19 heteroatoms. The van der Waals surface area contributed by atoms with Gasteiger partial charge in [0.05, 0.1) is 13.2 Å². The zero-order chi connectivity index (χ0) is 36.8. The molecule has 14 atom stereocenters. The molecule has 2 rings (SSSR count). The van der Waals surface area contributed by atoms with Crippen LogP contribution in [0.1, 0.15) is 64.7 Å². The van der Waals surface area contributed by atoms with Crippen molar-refractivity contribution in [3.8, 4) is 0 Å². The molecule has 0 aromatic rings. The predicted molar refractivity (Wildman–Crippen MR) is 160 cm³/mol. The Kier molecular flexibility index (Phi) is 18.9. The highest BCUT2D eigenvalue weighted by Gasteiger charge is 2.52. The van der Waals surface area contributed by atoms with Crippen molar-refractivity contribution in [1.82, 2.24) is 0 Å². The van der Waals surface area contributed by atoms with Crippen molar-refractivity contribution < 1.29 is 94.2 Å². The van der Waals surface area contributed by atoms with Gasteiger partial charge in [0.2, 0.25) is 5.78 Å². The molecule has 0 aromatic heterocycles. The van der Waals surface area contributed by atoms with Gasteiger partial charge in [0, 0.05) is 12.8 Å². The third-order valence-corrected chi connectivity index (χ3v) is 8.36. The molecule has 2 aliphatic rings. The minimum atomic E-state index is -2.19. The Morgan fingerprint density at radius 1 is 0.755 bits per heavy atom. The highest BCUT2D eigenvalue weighted by Crippen LogP contribution is 2.31. The summed E-state index contributed by atoms with van der Waals surface area (Å²) >= 11 is 0. The van der Waals surface area contributed by atoms with Crippen LogP contribution in [0.25, 0.3) is 0 Å². The van der Waals surface area contributed by atoms with Crippen LogP contribution in [0.4, 0.5) is 0 Å². The van der Waals surface area contributed by atoms with Gasteiger partial charge >= 0.3 is 11.9 Å². The number of ketones is 1. The van der Waals surface area contributed by atoms with E-state index in [0.29, 0.717) is 6.42 Å². The van der Waals surface area contributed by atoms with Crippen molar-refractivity contribution >= 4 is 17.7 Å². The van der Waals surface area contributed by atoms with Gasteiger partial charge in [-0.05, 0) is 12.8 Å². The molecule has 286 valence electrons. The maximum Gasteiger partial charge on any atom is 0.306 e. The van der Waals surface area contributed by atoms with E-state index in [1.165, 1.54) is 0 Å². The molecule has 0 saturated carbocycles. The molecular weight excluding hydrogens is 664 g/mol. The van der Waals surface area contributed by atoms with Gasteiger partial charge in [-0.15, -0.1) is 0 Å². The standard InChI is InChI=1S/C30H52O19/c1-2-3-4-5-6-7-8-19(36)46-16(9-10-18(35)45-13-15(34)21(38)20(37)14(33)11-31)27-23(40)22(39)26(43)30(48-27)49-28-17(12-32)47-29(44)25(42)24(28)41/h14,16-17,20-33,37-44H,2-13H2,1H3/t14-,16?,17-,20-,21-,22+,23+,24-,25-,26-,27-,28-,29-,30+/m1/s1. The first kappa shape index (κ1) is 43.2. The molecular formula is C30H52O19. The molecule has 0 aliphatic carbocycles. The van der Waals surface area contributed by atoms with Gasteiger partial charge in [-0.25, -0.2) is 0 Å². The van der Waals surface area contributed by atoms with Gasteiger partial charge in [-0.1, -0.05) is 39.0 Å². The summed E-state index contributed by atoms with van der Waals surface area (Å²) in [6.45, 7) is -0.775. The van der Waals surface area contributed by atoms with Gasteiger partial charge in [-0.3, -0.25) is 14.4 Å². The largest absolute Gasteiger partial charge is 0.459 e. The van der Waals surface area contributed by atoms with E-state index in [1.54, 1.807) is 0 Å². The van der Waals surface area contributed by atoms with Gasteiger partial charge in [-0.2, -0.15) is 0 Å². The first-order chi connectivity index (χ1) is 23.2. The Labute approximate surface area is 282 Å². The molecule has 2 fully saturated rings. The average molecular weight is 717 g/mol. The van der Waals surface area contributed by atoms with E-state index in [-0.39, 0.29) is 6.42 Å². The summed E-state index contributed by atoms with van der Waals surface area (Å²) in [7, 11) is 0. The lowest BCUT2D eigenvalue weighted by atomic mass is 9.92. The summed E-state index contributed by atoms with van der Waals surface area (Å²) in [5.41, 5.74) is 0. The van der Waals surface area contributed by atoms with Crippen molar-refractivity contribution in [3.63, 3.8) is 0 Å². The molecule has 2 saturated heterocycles. The van der Waals surface area contributed by atoms with E-state index in [2.05, 4.69) is 6.92 Å². The molecule has 0 spiro atoms. The molecule has 2 aliphatic heterocycles. The summed E-state index contributed by atoms with van der Waals surface area (Å²) in [5.74, 6) is -3.04. The lowest BCUT2D eigenvalue weighted by molar-refractivity contribution is -0.359. The van der Waals surface area contributed by atoms with E-state index in [9.17, 15) is 65.4 Å². The molecule has 19 nitrogen and oxygen atoms in total. The lowest BCUT2D eigenvalue weighted by Crippen LogP contribution is -2.65. The Hall–Kier alpha value is -1.95. The maximum atomic E-state index is 12.8. The van der Waals surface area contributed by atoms with Crippen LogP contribution < -0.4 is 0 Å². The van der Waals surface area contributed by atoms with E-state index in [1.807, 2.05) is 0 Å². The molecule has 2 heterocycles. The number of ether oxygens (including phenoxy) is 5. The number of hydrogen-bond acceptors (Lipinski definition) is 19. The van der Waals surface area contributed by atoms with E-state index >= 15 is 0 Å². The normalized spacial score (nSPS) is 32.9. The smallest absolute Gasteiger partial charge is 0.306 e. The Morgan fingerprint density at radius 2 is 1.41 bits per heavy atom. The molecule has 0 bridgehead atoms. The molecule has 49 heavy (non-hydrogen) atoms. The number of rotatable bonds is 21. The number of unbranched alkanes of at least 4 members (excludes halogenated alkanes) is 5. The first-order valence-electron chi connectivity index (χ1n) is 16.4. The number of aliphatic hydroxyl groups excluding tert-OH is 11. The van der Waals surface area contributed by atoms with Gasteiger partial charge in [0.1, 0.15) is 73.2 Å². The molecule has 0 aromatic carbocycles. The summed E-state index contributed by atoms with van der Waals surface area (Å²) in [5, 5.41) is 110. The minimum Gasteiger partial charge on any atom is -0.459 e. The van der Waals surface area contributed by atoms with Crippen LogP contribution in [0.3, 0.4) is 0 Å². The van der Waals surface area contributed by atoms with Crippen LogP contribution in [-0.2, 0) is 38.1 Å². The number of Topliss-reactive ketones (excluding diaryl/α,β-unsaturated/α-hetero) is 1. The third-order valence-electron chi connectivity index (χ3n) is 8.36. The number of hydrogen-bond donors (Lipinski definition) is 11. The Bertz CT molecular complexity index is 998. The second-order valence-electron chi connectivity index (χ2n) is 12.2. The predicted octanol–water partition coefficient (Wildman–Crippen LogP) is -4.76. The van der Waals surface area contributed by atoms with Crippen molar-refractivity contribution in [2.24, 2.45) is 0 Å². The second-order valence-corrected chi connectivity index (χ2v) is 12.2. The van der Waals surface area contributed by atoms with Crippen LogP contribution in [0, 0.1) is 0 Å².